The lowest BCUT2D eigenvalue weighted by Gasteiger charge is -2.46. The standard InChI is InChI=1S/C24H21F5N8O2/c1-12-9-37(22(38)23(3,10-31)21(25)26)13(2)8-36(12)20-18-17(39-24(27,28)29)5-4-15(19(18)32-11-33-20)16-6-14(7-30)34-35-16/h4-6,11-13,21H,8-9H2,1-3H3,(H,34,35)/t12-,13+,23-/m0/s1. The van der Waals surface area contributed by atoms with Crippen molar-refractivity contribution in [3.8, 4) is 29.1 Å². The third-order valence-electron chi connectivity index (χ3n) is 6.57. The van der Waals surface area contributed by atoms with Crippen molar-refractivity contribution in [1.29, 1.82) is 10.5 Å². The summed E-state index contributed by atoms with van der Waals surface area (Å²) in [6.45, 7) is 4.00. The average molecular weight is 548 g/mol. The Morgan fingerprint density at radius 1 is 1.18 bits per heavy atom. The van der Waals surface area contributed by atoms with Gasteiger partial charge in [-0.25, -0.2) is 18.7 Å². The van der Waals surface area contributed by atoms with Crippen molar-refractivity contribution in [3.63, 3.8) is 0 Å². The zero-order chi connectivity index (χ0) is 28.7. The third kappa shape index (κ3) is 4.99. The van der Waals surface area contributed by atoms with Crippen LogP contribution >= 0.6 is 0 Å². The lowest BCUT2D eigenvalue weighted by Crippen LogP contribution is -2.61. The topological polar surface area (TPSA) is 135 Å². The number of rotatable bonds is 5. The van der Waals surface area contributed by atoms with E-state index >= 15 is 0 Å². The van der Waals surface area contributed by atoms with Crippen LogP contribution in [-0.2, 0) is 4.79 Å². The summed E-state index contributed by atoms with van der Waals surface area (Å²) in [7, 11) is 0. The van der Waals surface area contributed by atoms with E-state index in [0.717, 1.165) is 19.3 Å². The number of carbonyl (C=O) groups excluding carboxylic acids is 1. The van der Waals surface area contributed by atoms with Crippen molar-refractivity contribution in [2.45, 2.75) is 45.6 Å². The summed E-state index contributed by atoms with van der Waals surface area (Å²) in [4.78, 5) is 24.2. The van der Waals surface area contributed by atoms with Gasteiger partial charge < -0.3 is 14.5 Å². The number of nitriles is 2. The highest BCUT2D eigenvalue weighted by Crippen LogP contribution is 2.41. The highest BCUT2D eigenvalue weighted by molar-refractivity contribution is 6.03. The Bertz CT molecular complexity index is 1490. The lowest BCUT2D eigenvalue weighted by atomic mass is 9.89. The molecule has 3 aromatic rings. The number of anilines is 1. The van der Waals surface area contributed by atoms with Crippen molar-refractivity contribution in [2.24, 2.45) is 5.41 Å². The Kier molecular flexibility index (Phi) is 7.04. The van der Waals surface area contributed by atoms with Crippen molar-refractivity contribution in [2.75, 3.05) is 18.0 Å². The highest BCUT2D eigenvalue weighted by Gasteiger charge is 2.48. The second-order valence-corrected chi connectivity index (χ2v) is 9.28. The van der Waals surface area contributed by atoms with Crippen LogP contribution in [0.25, 0.3) is 22.2 Å². The number of fused-ring (bicyclic) bond motifs is 1. The molecule has 4 rings (SSSR count). The van der Waals surface area contributed by atoms with Crippen LogP contribution in [0.4, 0.5) is 27.8 Å². The molecule has 0 bridgehead atoms. The zero-order valence-corrected chi connectivity index (χ0v) is 20.8. The molecular weight excluding hydrogens is 527 g/mol. The van der Waals surface area contributed by atoms with Gasteiger partial charge >= 0.3 is 6.36 Å². The second-order valence-electron chi connectivity index (χ2n) is 9.28. The van der Waals surface area contributed by atoms with Crippen LogP contribution in [0.15, 0.2) is 24.5 Å². The fourth-order valence-electron chi connectivity index (χ4n) is 4.48. The van der Waals surface area contributed by atoms with Crippen molar-refractivity contribution >= 4 is 22.6 Å². The van der Waals surface area contributed by atoms with Crippen LogP contribution in [0, 0.1) is 28.1 Å². The van der Waals surface area contributed by atoms with Gasteiger partial charge in [0.1, 0.15) is 24.0 Å². The number of amides is 1. The van der Waals surface area contributed by atoms with Gasteiger partial charge in [0, 0.05) is 36.8 Å². The molecule has 15 heteroatoms. The van der Waals surface area contributed by atoms with Gasteiger partial charge in [0.25, 0.3) is 6.43 Å². The van der Waals surface area contributed by atoms with Gasteiger partial charge in [0.2, 0.25) is 5.91 Å². The quantitative estimate of drug-likeness (QED) is 0.473. The first-order valence-electron chi connectivity index (χ1n) is 11.6. The van der Waals surface area contributed by atoms with E-state index in [-0.39, 0.29) is 35.5 Å². The van der Waals surface area contributed by atoms with Crippen molar-refractivity contribution in [1.82, 2.24) is 25.1 Å². The maximum absolute atomic E-state index is 13.6. The summed E-state index contributed by atoms with van der Waals surface area (Å²) in [5.74, 6) is -1.56. The summed E-state index contributed by atoms with van der Waals surface area (Å²) in [6.07, 6.45) is -7.10. The van der Waals surface area contributed by atoms with Gasteiger partial charge in [-0.3, -0.25) is 9.89 Å². The number of halogens is 5. The Morgan fingerprint density at radius 2 is 1.90 bits per heavy atom. The molecule has 39 heavy (non-hydrogen) atoms. The number of piperazine rings is 1. The predicted molar refractivity (Wildman–Crippen MR) is 126 cm³/mol. The zero-order valence-electron chi connectivity index (χ0n) is 20.8. The Morgan fingerprint density at radius 3 is 2.49 bits per heavy atom. The molecule has 3 heterocycles. The van der Waals surface area contributed by atoms with E-state index in [4.69, 9.17) is 5.26 Å². The van der Waals surface area contributed by atoms with Crippen LogP contribution < -0.4 is 9.64 Å². The molecule has 0 radical (unpaired) electrons. The van der Waals surface area contributed by atoms with Crippen LogP contribution in [0.5, 0.6) is 5.75 Å². The third-order valence-corrected chi connectivity index (χ3v) is 6.57. The summed E-state index contributed by atoms with van der Waals surface area (Å²) >= 11 is 0. The molecule has 3 atom stereocenters. The number of benzene rings is 1. The number of nitrogens with one attached hydrogen (secondary N) is 1. The number of ether oxygens (including phenoxy) is 1. The van der Waals surface area contributed by atoms with Gasteiger partial charge in [0.15, 0.2) is 11.1 Å². The number of nitrogens with zero attached hydrogens (tertiary/aromatic N) is 7. The van der Waals surface area contributed by atoms with E-state index in [9.17, 15) is 32.0 Å². The molecule has 1 aliphatic heterocycles. The molecular formula is C24H21F5N8O2. The van der Waals surface area contributed by atoms with Gasteiger partial charge in [-0.05, 0) is 32.9 Å². The molecule has 1 aromatic carbocycles. The molecule has 1 fully saturated rings. The van der Waals surface area contributed by atoms with Crippen molar-refractivity contribution < 1.29 is 31.5 Å². The fraction of sp³-hybridized carbons (Fsp3) is 0.417. The molecule has 1 N–H and O–H groups in total. The van der Waals surface area contributed by atoms with Crippen LogP contribution in [0.1, 0.15) is 26.5 Å². The molecule has 0 saturated carbocycles. The summed E-state index contributed by atoms with van der Waals surface area (Å²) in [5, 5.41) is 24.8. The van der Waals surface area contributed by atoms with Gasteiger partial charge in [-0.2, -0.15) is 15.6 Å². The minimum absolute atomic E-state index is 0.00207. The molecule has 1 amide bonds. The number of alkyl halides is 5. The number of H-pyrrole nitrogens is 1. The van der Waals surface area contributed by atoms with Gasteiger partial charge in [-0.1, -0.05) is 0 Å². The minimum Gasteiger partial charge on any atom is -0.405 e. The summed E-state index contributed by atoms with van der Waals surface area (Å²) in [5.41, 5.74) is -1.78. The average Bonchev–Trinajstić information content (AvgIpc) is 3.37. The molecule has 1 aliphatic rings. The van der Waals surface area contributed by atoms with Crippen LogP contribution in [0.3, 0.4) is 0 Å². The van der Waals surface area contributed by atoms with E-state index in [1.165, 1.54) is 23.1 Å². The number of aromatic nitrogens is 4. The Balaban J connectivity index is 1.81. The first kappa shape index (κ1) is 27.5. The van der Waals surface area contributed by atoms with Gasteiger partial charge in [-0.15, -0.1) is 13.2 Å². The number of carbonyl (C=O) groups is 1. The monoisotopic (exact) mass is 548 g/mol. The second kappa shape index (κ2) is 9.98. The van der Waals surface area contributed by atoms with E-state index in [1.807, 2.05) is 6.07 Å². The van der Waals surface area contributed by atoms with Crippen LogP contribution in [-0.4, -0.2) is 68.9 Å². The normalized spacial score (nSPS) is 19.5. The first-order chi connectivity index (χ1) is 18.3. The van der Waals surface area contributed by atoms with E-state index in [2.05, 4.69) is 24.9 Å². The molecule has 10 nitrogen and oxygen atoms in total. The highest BCUT2D eigenvalue weighted by atomic mass is 19.4. The Labute approximate surface area is 218 Å². The molecule has 1 saturated heterocycles. The largest absolute Gasteiger partial charge is 0.573 e. The molecule has 0 aliphatic carbocycles. The fourth-order valence-corrected chi connectivity index (χ4v) is 4.48. The van der Waals surface area contributed by atoms with E-state index < -0.39 is 41.9 Å². The van der Waals surface area contributed by atoms with E-state index in [1.54, 1.807) is 18.7 Å². The maximum atomic E-state index is 13.6. The summed E-state index contributed by atoms with van der Waals surface area (Å²) < 4.78 is 71.5. The Hall–Kier alpha value is -4.53. The summed E-state index contributed by atoms with van der Waals surface area (Å²) in [6, 6.07) is 5.80. The number of hydrogen-bond acceptors (Lipinski definition) is 8. The number of aromatic amines is 1. The molecule has 0 spiro atoms. The van der Waals surface area contributed by atoms with Crippen LogP contribution in [0.2, 0.25) is 0 Å². The predicted octanol–water partition coefficient (Wildman–Crippen LogP) is 4.01. The molecule has 204 valence electrons. The maximum Gasteiger partial charge on any atom is 0.573 e. The smallest absolute Gasteiger partial charge is 0.405 e. The van der Waals surface area contributed by atoms with Gasteiger partial charge in [0.05, 0.1) is 22.7 Å². The SMILES string of the molecule is C[C@@H]1CN(c2ncnc3c(-c4cc(C#N)n[nH]4)ccc(OC(F)(F)F)c23)[C@@H](C)CN1C(=O)[C@@](C)(C#N)C(F)F. The lowest BCUT2D eigenvalue weighted by molar-refractivity contribution is -0.274. The van der Waals surface area contributed by atoms with E-state index in [0.29, 0.717) is 11.3 Å². The molecule has 0 unspecified atom stereocenters. The molecule has 2 aromatic heterocycles. The van der Waals surface area contributed by atoms with Crippen molar-refractivity contribution in [3.05, 3.63) is 30.2 Å². The number of hydrogen-bond donors (Lipinski definition) is 1. The first-order valence-corrected chi connectivity index (χ1v) is 11.6. The minimum atomic E-state index is -5.04.